The van der Waals surface area contributed by atoms with E-state index in [-0.39, 0.29) is 32.2 Å². The van der Waals surface area contributed by atoms with Gasteiger partial charge in [-0.15, -0.1) is 29.3 Å². The third-order valence-electron chi connectivity index (χ3n) is 12.0. The number of benzene rings is 8. The Balaban J connectivity index is 0.00000445. The second kappa shape index (κ2) is 15.2. The minimum atomic E-state index is -0.370. The summed E-state index contributed by atoms with van der Waals surface area (Å²) in [6.07, 6.45) is 1.84. The first kappa shape index (κ1) is 38.2. The smallest absolute Gasteiger partial charge is 0.152 e. The number of hydrogen-bond donors (Lipinski definition) is 1. The van der Waals surface area contributed by atoms with E-state index < -0.39 is 0 Å². The molecular weight excluding hydrogens is 930 g/mol. The van der Waals surface area contributed by atoms with Gasteiger partial charge in [-0.3, -0.25) is 9.55 Å². The summed E-state index contributed by atoms with van der Waals surface area (Å²) < 4.78 is 8.54. The van der Waals surface area contributed by atoms with Crippen LogP contribution in [0.5, 0.6) is 5.75 Å². The quantitative estimate of drug-likeness (QED) is 0.162. The van der Waals surface area contributed by atoms with Gasteiger partial charge < -0.3 is 9.52 Å². The molecule has 11 aromatic rings. The molecule has 3 heterocycles. The number of phenolic OH excluding ortho intramolecular Hbond substituents is 1. The Morgan fingerprint density at radius 1 is 0.590 bits per heavy atom. The van der Waals surface area contributed by atoms with Crippen LogP contribution in [0.15, 0.2) is 193 Å². The molecule has 0 aliphatic heterocycles. The molecule has 0 spiro atoms. The molecule has 0 radical (unpaired) electrons. The van der Waals surface area contributed by atoms with E-state index in [1.165, 1.54) is 5.56 Å². The number of phenols is 1. The molecule has 1 N–H and O–H groups in total. The van der Waals surface area contributed by atoms with Crippen molar-refractivity contribution in [1.29, 1.82) is 0 Å². The van der Waals surface area contributed by atoms with E-state index >= 15 is 0 Å². The fourth-order valence-corrected chi connectivity index (χ4v) is 8.77. The van der Waals surface area contributed by atoms with E-state index in [1.807, 2.05) is 36.5 Å². The molecule has 0 atom stereocenters. The Kier molecular flexibility index (Phi) is 9.50. The van der Waals surface area contributed by atoms with Crippen LogP contribution in [0.3, 0.4) is 0 Å². The molecule has 5 nitrogen and oxygen atoms in total. The number of furan rings is 1. The number of aromatic nitrogens is 3. The SMILES string of the molecule is CC(C)(c1ccccc1)c1cc(-c2cc3c(cn2)oc2ccc4ccccc4c23)[c-]c(-c2cccc3c2nc(-c2ccccc2O)n3-c2ccccc2-c2ccccc2)c1.[Pt]. The molecule has 8 aromatic carbocycles. The van der Waals surface area contributed by atoms with Crippen molar-refractivity contribution < 1.29 is 30.6 Å². The van der Waals surface area contributed by atoms with Crippen LogP contribution >= 0.6 is 0 Å². The first-order valence-electron chi connectivity index (χ1n) is 20.2. The summed E-state index contributed by atoms with van der Waals surface area (Å²) in [4.78, 5) is 10.5. The van der Waals surface area contributed by atoms with Crippen molar-refractivity contribution in [2.24, 2.45) is 0 Å². The minimum absolute atomic E-state index is 0. The molecule has 0 aliphatic carbocycles. The monoisotopic (exact) mass is 967 g/mol. The second-order valence-corrected chi connectivity index (χ2v) is 15.9. The van der Waals surface area contributed by atoms with E-state index in [1.54, 1.807) is 6.07 Å². The van der Waals surface area contributed by atoms with Gasteiger partial charge in [0.25, 0.3) is 0 Å². The van der Waals surface area contributed by atoms with Gasteiger partial charge in [-0.25, -0.2) is 4.98 Å². The minimum Gasteiger partial charge on any atom is -0.507 e. The molecular formula is C55H38N3O2Pt-. The maximum absolute atomic E-state index is 11.3. The van der Waals surface area contributed by atoms with Gasteiger partial charge >= 0.3 is 0 Å². The largest absolute Gasteiger partial charge is 0.507 e. The van der Waals surface area contributed by atoms with Crippen molar-refractivity contribution in [3.63, 3.8) is 0 Å². The van der Waals surface area contributed by atoms with Crippen molar-refractivity contribution in [2.75, 3.05) is 0 Å². The summed E-state index contributed by atoms with van der Waals surface area (Å²) in [6, 6.07) is 66.2. The van der Waals surface area contributed by atoms with E-state index in [0.717, 1.165) is 88.5 Å². The van der Waals surface area contributed by atoms with Crippen molar-refractivity contribution in [3.8, 4) is 56.3 Å². The predicted octanol–water partition coefficient (Wildman–Crippen LogP) is 14.0. The van der Waals surface area contributed by atoms with Gasteiger partial charge in [-0.2, -0.15) is 0 Å². The van der Waals surface area contributed by atoms with Gasteiger partial charge in [0.15, 0.2) is 5.58 Å². The Morgan fingerprint density at radius 2 is 1.28 bits per heavy atom. The van der Waals surface area contributed by atoms with Gasteiger partial charge in [0, 0.05) is 48.5 Å². The average Bonchev–Trinajstić information content (AvgIpc) is 3.88. The summed E-state index contributed by atoms with van der Waals surface area (Å²) in [6.45, 7) is 4.54. The first-order valence-corrected chi connectivity index (χ1v) is 20.2. The number of pyridine rings is 1. The summed E-state index contributed by atoms with van der Waals surface area (Å²) >= 11 is 0. The average molecular weight is 968 g/mol. The van der Waals surface area contributed by atoms with Crippen LogP contribution in [-0.2, 0) is 26.5 Å². The summed E-state index contributed by atoms with van der Waals surface area (Å²) in [7, 11) is 0. The topological polar surface area (TPSA) is 64.1 Å². The fourth-order valence-electron chi connectivity index (χ4n) is 8.77. The normalized spacial score (nSPS) is 11.7. The summed E-state index contributed by atoms with van der Waals surface area (Å²) in [5.41, 5.74) is 12.5. The molecule has 3 aromatic heterocycles. The zero-order valence-electron chi connectivity index (χ0n) is 33.4. The summed E-state index contributed by atoms with van der Waals surface area (Å²) in [5, 5.41) is 15.7. The standard InChI is InChI=1S/C55H38N3O2.Pt/c1-55(2,39-19-7-4-8-20-39)40-31-37(30-38(32-40)46-33-45-51(34-56-46)60-50-29-28-36-18-9-10-22-42(36)52(45)50)43-24-15-26-48-53(43)57-54(44-23-12-14-27-49(44)59)58(48)47-25-13-11-21-41(47)35-16-5-3-6-17-35;/h3-29,31-34,59H,1-2H3;/q-1;. The van der Waals surface area contributed by atoms with Gasteiger partial charge in [0.1, 0.15) is 17.2 Å². The molecule has 0 amide bonds. The Hall–Kier alpha value is -7.07. The molecule has 0 aliphatic rings. The second-order valence-electron chi connectivity index (χ2n) is 15.9. The van der Waals surface area contributed by atoms with E-state index in [0.29, 0.717) is 11.4 Å². The number of fused-ring (bicyclic) bond motifs is 6. The molecule has 0 saturated carbocycles. The number of rotatable bonds is 7. The molecule has 0 saturated heterocycles. The van der Waals surface area contributed by atoms with Crippen LogP contribution in [0.4, 0.5) is 0 Å². The molecule has 0 bridgehead atoms. The summed E-state index contributed by atoms with van der Waals surface area (Å²) in [5.74, 6) is 0.806. The maximum Gasteiger partial charge on any atom is 0.152 e. The van der Waals surface area contributed by atoms with Crippen LogP contribution in [0, 0.1) is 6.07 Å². The van der Waals surface area contributed by atoms with Crippen LogP contribution in [-0.4, -0.2) is 19.6 Å². The number of aromatic hydroxyl groups is 1. The zero-order chi connectivity index (χ0) is 40.4. The third kappa shape index (κ3) is 6.45. The van der Waals surface area contributed by atoms with Gasteiger partial charge in [-0.05, 0) is 52.2 Å². The molecule has 0 fully saturated rings. The van der Waals surface area contributed by atoms with Gasteiger partial charge in [0.05, 0.1) is 28.5 Å². The van der Waals surface area contributed by atoms with Crippen LogP contribution < -0.4 is 0 Å². The third-order valence-corrected chi connectivity index (χ3v) is 12.0. The molecule has 6 heteroatoms. The maximum atomic E-state index is 11.3. The van der Waals surface area contributed by atoms with Crippen LogP contribution in [0.2, 0.25) is 0 Å². The Morgan fingerprint density at radius 3 is 2.10 bits per heavy atom. The fraction of sp³-hybridized carbons (Fsp3) is 0.0545. The van der Waals surface area contributed by atoms with Gasteiger partial charge in [0.2, 0.25) is 0 Å². The molecule has 61 heavy (non-hydrogen) atoms. The van der Waals surface area contributed by atoms with E-state index in [4.69, 9.17) is 14.4 Å². The number of para-hydroxylation sites is 3. The number of hydrogen-bond acceptors (Lipinski definition) is 4. The molecule has 11 rings (SSSR count). The zero-order valence-corrected chi connectivity index (χ0v) is 35.7. The predicted molar refractivity (Wildman–Crippen MR) is 244 cm³/mol. The first-order chi connectivity index (χ1) is 29.4. The van der Waals surface area contributed by atoms with Crippen molar-refractivity contribution in [2.45, 2.75) is 19.3 Å². The van der Waals surface area contributed by atoms with Crippen LogP contribution in [0.25, 0.3) is 94.3 Å². The molecule has 0 unspecified atom stereocenters. The Bertz CT molecular complexity index is 3420. The number of nitrogens with zero attached hydrogens (tertiary/aromatic N) is 3. The van der Waals surface area contributed by atoms with E-state index in [2.05, 4.69) is 170 Å². The van der Waals surface area contributed by atoms with E-state index in [9.17, 15) is 5.11 Å². The van der Waals surface area contributed by atoms with Crippen molar-refractivity contribution >= 4 is 43.7 Å². The van der Waals surface area contributed by atoms with Crippen LogP contribution in [0.1, 0.15) is 25.0 Å². The van der Waals surface area contributed by atoms with Crippen molar-refractivity contribution in [1.82, 2.24) is 14.5 Å². The van der Waals surface area contributed by atoms with Crippen molar-refractivity contribution in [3.05, 3.63) is 205 Å². The Labute approximate surface area is 367 Å². The number of imidazole rings is 1. The molecule has 296 valence electrons. The van der Waals surface area contributed by atoms with Gasteiger partial charge in [-0.1, -0.05) is 165 Å².